The number of amides is 1. The summed E-state index contributed by atoms with van der Waals surface area (Å²) in [6, 6.07) is 13.9. The van der Waals surface area contributed by atoms with Gasteiger partial charge in [-0.15, -0.1) is 11.8 Å². The number of nitrogens with zero attached hydrogens (tertiary/aromatic N) is 2. The Bertz CT molecular complexity index is 1100. The molecule has 1 amide bonds. The van der Waals surface area contributed by atoms with E-state index in [1.807, 2.05) is 12.1 Å². The summed E-state index contributed by atoms with van der Waals surface area (Å²) >= 11 is 2.87. The Labute approximate surface area is 176 Å². The van der Waals surface area contributed by atoms with Crippen LogP contribution in [0.2, 0.25) is 0 Å². The molecule has 0 spiro atoms. The molecule has 0 saturated carbocycles. The summed E-state index contributed by atoms with van der Waals surface area (Å²) in [5.74, 6) is 0.542. The fourth-order valence-corrected chi connectivity index (χ4v) is 4.69. The molecule has 2 aromatic carbocycles. The molecule has 4 aromatic rings. The first-order valence-corrected chi connectivity index (χ1v) is 10.9. The number of benzene rings is 2. The molecule has 0 atom stereocenters. The maximum Gasteiger partial charge on any atom is 0.239 e. The summed E-state index contributed by atoms with van der Waals surface area (Å²) in [6.45, 7) is 4.44. The fraction of sp³-hybridized carbons (Fsp3) is 0.182. The third-order valence-electron chi connectivity index (χ3n) is 4.59. The van der Waals surface area contributed by atoms with Gasteiger partial charge in [-0.2, -0.15) is 0 Å². The molecule has 148 valence electrons. The van der Waals surface area contributed by atoms with E-state index < -0.39 is 0 Å². The summed E-state index contributed by atoms with van der Waals surface area (Å²) in [7, 11) is 0. The van der Waals surface area contributed by atoms with E-state index in [9.17, 15) is 9.18 Å². The van der Waals surface area contributed by atoms with Gasteiger partial charge in [-0.1, -0.05) is 11.3 Å². The molecule has 0 fully saturated rings. The van der Waals surface area contributed by atoms with Gasteiger partial charge in [-0.05, 0) is 73.5 Å². The van der Waals surface area contributed by atoms with Crippen molar-refractivity contribution in [2.45, 2.75) is 25.3 Å². The van der Waals surface area contributed by atoms with Crippen LogP contribution in [0.1, 0.15) is 16.9 Å². The van der Waals surface area contributed by atoms with Gasteiger partial charge in [-0.3, -0.25) is 9.69 Å². The summed E-state index contributed by atoms with van der Waals surface area (Å²) in [4.78, 5) is 20.3. The van der Waals surface area contributed by atoms with Crippen LogP contribution in [0.15, 0.2) is 64.1 Å². The third-order valence-corrected chi connectivity index (χ3v) is 6.63. The van der Waals surface area contributed by atoms with Crippen LogP contribution in [0.5, 0.6) is 0 Å². The van der Waals surface area contributed by atoms with Crippen molar-refractivity contribution in [3.8, 4) is 0 Å². The standard InChI is InChI=1S/C22H19FN2O2S2/c1-14-10-19-20(11-15(14)2)29-22(24-19)25(12-17-4-3-9-27-17)21(26)13-28-18-7-5-16(23)6-8-18/h3-11H,12-13H2,1-2H3. The normalized spacial score (nSPS) is 11.1. The van der Waals surface area contributed by atoms with Gasteiger partial charge in [0.25, 0.3) is 0 Å². The lowest BCUT2D eigenvalue weighted by Gasteiger charge is -2.18. The Morgan fingerprint density at radius 1 is 1.17 bits per heavy atom. The van der Waals surface area contributed by atoms with Crippen molar-refractivity contribution in [2.75, 3.05) is 10.7 Å². The molecule has 0 saturated heterocycles. The number of aryl methyl sites for hydroxylation is 2. The minimum atomic E-state index is -0.291. The first-order valence-electron chi connectivity index (χ1n) is 9.08. The highest BCUT2D eigenvalue weighted by Gasteiger charge is 2.21. The predicted molar refractivity (Wildman–Crippen MR) is 116 cm³/mol. The highest BCUT2D eigenvalue weighted by atomic mass is 32.2. The second kappa shape index (κ2) is 8.39. The molecule has 0 aliphatic heterocycles. The number of carbonyl (C=O) groups is 1. The molecular weight excluding hydrogens is 407 g/mol. The van der Waals surface area contributed by atoms with Gasteiger partial charge in [0.2, 0.25) is 5.91 Å². The molecule has 0 aliphatic rings. The van der Waals surface area contributed by atoms with Crippen molar-refractivity contribution in [3.63, 3.8) is 0 Å². The van der Waals surface area contributed by atoms with Crippen molar-refractivity contribution >= 4 is 44.4 Å². The minimum Gasteiger partial charge on any atom is -0.467 e. The maximum atomic E-state index is 13.1. The zero-order valence-electron chi connectivity index (χ0n) is 16.0. The molecule has 0 radical (unpaired) electrons. The fourth-order valence-electron chi connectivity index (χ4n) is 2.86. The molecule has 4 rings (SSSR count). The van der Waals surface area contributed by atoms with Crippen LogP contribution in [-0.4, -0.2) is 16.6 Å². The van der Waals surface area contributed by atoms with Crippen molar-refractivity contribution in [2.24, 2.45) is 0 Å². The number of aromatic nitrogens is 1. The first kappa shape index (κ1) is 19.7. The first-order chi connectivity index (χ1) is 14.0. The van der Waals surface area contributed by atoms with Crippen LogP contribution in [0, 0.1) is 19.7 Å². The number of hydrogen-bond acceptors (Lipinski definition) is 5. The number of halogens is 1. The molecule has 7 heteroatoms. The van der Waals surface area contributed by atoms with Gasteiger partial charge in [-0.25, -0.2) is 9.37 Å². The predicted octanol–water partition coefficient (Wildman–Crippen LogP) is 5.97. The number of rotatable bonds is 6. The van der Waals surface area contributed by atoms with Gasteiger partial charge in [0.1, 0.15) is 11.6 Å². The van der Waals surface area contributed by atoms with E-state index in [2.05, 4.69) is 19.9 Å². The largest absolute Gasteiger partial charge is 0.467 e. The molecule has 29 heavy (non-hydrogen) atoms. The summed E-state index contributed by atoms with van der Waals surface area (Å²) in [5, 5.41) is 0.645. The molecule has 0 aliphatic carbocycles. The molecule has 0 bridgehead atoms. The van der Waals surface area contributed by atoms with Gasteiger partial charge in [0.05, 0.1) is 28.8 Å². The lowest BCUT2D eigenvalue weighted by Crippen LogP contribution is -2.31. The van der Waals surface area contributed by atoms with Crippen LogP contribution in [0.4, 0.5) is 9.52 Å². The Hall–Kier alpha value is -2.64. The average molecular weight is 427 g/mol. The second-order valence-electron chi connectivity index (χ2n) is 6.70. The van der Waals surface area contributed by atoms with E-state index in [1.165, 1.54) is 46.4 Å². The number of furan rings is 1. The molecular formula is C22H19FN2O2S2. The topological polar surface area (TPSA) is 46.3 Å². The molecule has 4 nitrogen and oxygen atoms in total. The number of anilines is 1. The molecule has 0 N–H and O–H groups in total. The van der Waals surface area contributed by atoms with Crippen LogP contribution < -0.4 is 4.90 Å². The third kappa shape index (κ3) is 4.52. The van der Waals surface area contributed by atoms with E-state index in [4.69, 9.17) is 9.40 Å². The minimum absolute atomic E-state index is 0.0803. The van der Waals surface area contributed by atoms with Gasteiger partial charge in [0.15, 0.2) is 5.13 Å². The zero-order valence-corrected chi connectivity index (χ0v) is 17.6. The number of fused-ring (bicyclic) bond motifs is 1. The lowest BCUT2D eigenvalue weighted by atomic mass is 10.1. The van der Waals surface area contributed by atoms with Crippen molar-refractivity contribution < 1.29 is 13.6 Å². The van der Waals surface area contributed by atoms with E-state index in [-0.39, 0.29) is 17.5 Å². The van der Waals surface area contributed by atoms with Gasteiger partial charge < -0.3 is 4.42 Å². The SMILES string of the molecule is Cc1cc2nc(N(Cc3ccco3)C(=O)CSc3ccc(F)cc3)sc2cc1C. The summed E-state index contributed by atoms with van der Waals surface area (Å²) in [6.07, 6.45) is 1.59. The van der Waals surface area contributed by atoms with Gasteiger partial charge in [0, 0.05) is 4.90 Å². The number of thiazole rings is 1. The number of hydrogen-bond donors (Lipinski definition) is 0. The van der Waals surface area contributed by atoms with Crippen LogP contribution in [0.25, 0.3) is 10.2 Å². The van der Waals surface area contributed by atoms with E-state index in [1.54, 1.807) is 29.4 Å². The van der Waals surface area contributed by atoms with Crippen molar-refractivity contribution in [1.82, 2.24) is 4.98 Å². The molecule has 0 unspecified atom stereocenters. The Balaban J connectivity index is 1.60. The lowest BCUT2D eigenvalue weighted by molar-refractivity contribution is -0.116. The van der Waals surface area contributed by atoms with Crippen LogP contribution in [-0.2, 0) is 11.3 Å². The second-order valence-corrected chi connectivity index (χ2v) is 8.76. The monoisotopic (exact) mass is 426 g/mol. The number of carbonyl (C=O) groups excluding carboxylic acids is 1. The van der Waals surface area contributed by atoms with Crippen molar-refractivity contribution in [1.29, 1.82) is 0 Å². The van der Waals surface area contributed by atoms with E-state index in [0.29, 0.717) is 17.4 Å². The van der Waals surface area contributed by atoms with E-state index >= 15 is 0 Å². The maximum absolute atomic E-state index is 13.1. The Morgan fingerprint density at radius 3 is 2.66 bits per heavy atom. The van der Waals surface area contributed by atoms with Crippen LogP contribution in [0.3, 0.4) is 0 Å². The summed E-state index contributed by atoms with van der Waals surface area (Å²) < 4.78 is 19.6. The van der Waals surface area contributed by atoms with Crippen LogP contribution >= 0.6 is 23.1 Å². The average Bonchev–Trinajstić information content (AvgIpc) is 3.35. The van der Waals surface area contributed by atoms with E-state index in [0.717, 1.165) is 15.1 Å². The van der Waals surface area contributed by atoms with Crippen molar-refractivity contribution in [3.05, 3.63) is 77.5 Å². The smallest absolute Gasteiger partial charge is 0.239 e. The molecule has 2 aromatic heterocycles. The Morgan fingerprint density at radius 2 is 1.93 bits per heavy atom. The highest BCUT2D eigenvalue weighted by molar-refractivity contribution is 8.00. The van der Waals surface area contributed by atoms with Gasteiger partial charge >= 0.3 is 0 Å². The molecule has 2 heterocycles. The highest BCUT2D eigenvalue weighted by Crippen LogP contribution is 2.32. The zero-order chi connectivity index (χ0) is 20.4. The quantitative estimate of drug-likeness (QED) is 0.356. The summed E-state index contributed by atoms with van der Waals surface area (Å²) in [5.41, 5.74) is 3.25. The number of thioether (sulfide) groups is 1. The Kier molecular flexibility index (Phi) is 5.69.